The summed E-state index contributed by atoms with van der Waals surface area (Å²) in [5.74, 6) is 1.51. The van der Waals surface area contributed by atoms with Gasteiger partial charge < -0.3 is 9.64 Å². The van der Waals surface area contributed by atoms with Crippen molar-refractivity contribution in [1.82, 2.24) is 9.88 Å². The number of hydrogen-bond acceptors (Lipinski definition) is 3. The lowest BCUT2D eigenvalue weighted by Gasteiger charge is -2.30. The summed E-state index contributed by atoms with van der Waals surface area (Å²) in [5, 5.41) is 0. The molecule has 4 heteroatoms. The fourth-order valence-corrected chi connectivity index (χ4v) is 4.10. The number of aromatic nitrogens is 1. The topological polar surface area (TPSA) is 42.4 Å². The number of fused-ring (bicyclic) bond motifs is 1. The van der Waals surface area contributed by atoms with Crippen LogP contribution in [0.3, 0.4) is 0 Å². The Kier molecular flexibility index (Phi) is 4.32. The van der Waals surface area contributed by atoms with E-state index in [0.717, 1.165) is 31.2 Å². The van der Waals surface area contributed by atoms with E-state index in [0.29, 0.717) is 17.5 Å². The largest absolute Gasteiger partial charge is 0.456 e. The first-order valence-corrected chi connectivity index (χ1v) is 9.88. The maximum atomic E-state index is 13.4. The third-order valence-electron chi connectivity index (χ3n) is 5.58. The second-order valence-electron chi connectivity index (χ2n) is 7.51. The van der Waals surface area contributed by atoms with Gasteiger partial charge >= 0.3 is 0 Å². The Hall–Kier alpha value is -3.14. The molecule has 2 aromatic carbocycles. The van der Waals surface area contributed by atoms with Gasteiger partial charge in [-0.1, -0.05) is 24.3 Å². The van der Waals surface area contributed by atoms with Gasteiger partial charge in [0.1, 0.15) is 11.5 Å². The Balaban J connectivity index is 1.37. The lowest BCUT2D eigenvalue weighted by atomic mass is 10.1. The fourth-order valence-electron chi connectivity index (χ4n) is 4.10. The molecule has 3 aromatic rings. The Bertz CT molecular complexity index is 981. The lowest BCUT2D eigenvalue weighted by Crippen LogP contribution is -2.36. The zero-order valence-electron chi connectivity index (χ0n) is 15.6. The van der Waals surface area contributed by atoms with Gasteiger partial charge in [-0.25, -0.2) is 0 Å². The van der Waals surface area contributed by atoms with E-state index in [1.165, 1.54) is 11.1 Å². The van der Waals surface area contributed by atoms with Crippen LogP contribution in [0.1, 0.15) is 46.8 Å². The molecule has 0 aliphatic heterocycles. The van der Waals surface area contributed by atoms with Gasteiger partial charge in [0.25, 0.3) is 5.91 Å². The molecule has 1 fully saturated rings. The van der Waals surface area contributed by atoms with Gasteiger partial charge in [-0.2, -0.15) is 0 Å². The lowest BCUT2D eigenvalue weighted by molar-refractivity contribution is 0.0658. The first-order chi connectivity index (χ1) is 13.8. The molecule has 28 heavy (non-hydrogen) atoms. The van der Waals surface area contributed by atoms with E-state index in [1.54, 1.807) is 12.4 Å². The van der Waals surface area contributed by atoms with E-state index >= 15 is 0 Å². The van der Waals surface area contributed by atoms with Crippen molar-refractivity contribution in [1.29, 1.82) is 0 Å². The maximum absolute atomic E-state index is 13.4. The third kappa shape index (κ3) is 3.26. The van der Waals surface area contributed by atoms with Gasteiger partial charge in [-0.15, -0.1) is 0 Å². The van der Waals surface area contributed by atoms with E-state index < -0.39 is 0 Å². The molecule has 1 heterocycles. The van der Waals surface area contributed by atoms with E-state index in [1.807, 2.05) is 36.4 Å². The van der Waals surface area contributed by atoms with Crippen molar-refractivity contribution in [3.63, 3.8) is 0 Å². The first-order valence-electron chi connectivity index (χ1n) is 9.88. The molecule has 5 rings (SSSR count). The monoisotopic (exact) mass is 370 g/mol. The van der Waals surface area contributed by atoms with Crippen LogP contribution >= 0.6 is 0 Å². The van der Waals surface area contributed by atoms with Gasteiger partial charge in [0, 0.05) is 17.8 Å². The minimum atomic E-state index is 0.122. The Morgan fingerprint density at radius 1 is 0.929 bits per heavy atom. The van der Waals surface area contributed by atoms with E-state index in [9.17, 15) is 4.79 Å². The van der Waals surface area contributed by atoms with Crippen molar-refractivity contribution in [2.45, 2.75) is 37.8 Å². The van der Waals surface area contributed by atoms with Crippen molar-refractivity contribution in [2.75, 3.05) is 0 Å². The van der Waals surface area contributed by atoms with Crippen LogP contribution in [0, 0.1) is 0 Å². The Labute approximate surface area is 164 Å². The highest BCUT2D eigenvalue weighted by molar-refractivity contribution is 5.95. The molecule has 140 valence electrons. The normalized spacial score (nSPS) is 17.8. The molecular formula is C24H22N2O2. The van der Waals surface area contributed by atoms with Gasteiger partial charge in [0.2, 0.25) is 0 Å². The van der Waals surface area contributed by atoms with Crippen LogP contribution in [0.5, 0.6) is 11.5 Å². The summed E-state index contributed by atoms with van der Waals surface area (Å²) >= 11 is 0. The number of carbonyl (C=O) groups is 1. The molecule has 1 amide bonds. The van der Waals surface area contributed by atoms with Gasteiger partial charge in [-0.05, 0) is 73.2 Å². The predicted octanol–water partition coefficient (Wildman–Crippen LogP) is 5.17. The number of hydrogen-bond donors (Lipinski definition) is 0. The zero-order chi connectivity index (χ0) is 18.9. The molecule has 0 saturated heterocycles. The van der Waals surface area contributed by atoms with Gasteiger partial charge in [0.05, 0.1) is 12.2 Å². The summed E-state index contributed by atoms with van der Waals surface area (Å²) in [6.45, 7) is 0. The minimum Gasteiger partial charge on any atom is -0.456 e. The highest BCUT2D eigenvalue weighted by Crippen LogP contribution is 2.42. The molecule has 0 radical (unpaired) electrons. The van der Waals surface area contributed by atoms with Crippen molar-refractivity contribution >= 4 is 5.91 Å². The third-order valence-corrected chi connectivity index (χ3v) is 5.58. The number of carbonyl (C=O) groups excluding carboxylic acids is 1. The first kappa shape index (κ1) is 17.0. The summed E-state index contributed by atoms with van der Waals surface area (Å²) in [4.78, 5) is 19.5. The summed E-state index contributed by atoms with van der Waals surface area (Å²) < 4.78 is 5.79. The number of nitrogens with zero attached hydrogens (tertiary/aromatic N) is 2. The summed E-state index contributed by atoms with van der Waals surface area (Å²) in [7, 11) is 0. The van der Waals surface area contributed by atoms with Crippen LogP contribution < -0.4 is 4.74 Å². The van der Waals surface area contributed by atoms with Crippen molar-refractivity contribution in [3.8, 4) is 11.5 Å². The predicted molar refractivity (Wildman–Crippen MR) is 107 cm³/mol. The van der Waals surface area contributed by atoms with Crippen LogP contribution in [0.25, 0.3) is 0 Å². The molecule has 1 atom stereocenters. The molecule has 0 bridgehead atoms. The molecule has 2 aliphatic carbocycles. The van der Waals surface area contributed by atoms with Crippen molar-refractivity contribution < 1.29 is 9.53 Å². The van der Waals surface area contributed by atoms with Gasteiger partial charge in [-0.3, -0.25) is 9.78 Å². The molecule has 4 nitrogen and oxygen atoms in total. The maximum Gasteiger partial charge on any atom is 0.254 e. The molecule has 1 saturated carbocycles. The number of rotatable bonds is 5. The summed E-state index contributed by atoms with van der Waals surface area (Å²) in [6, 6.07) is 20.2. The fraction of sp³-hybridized carbons (Fsp3) is 0.250. The van der Waals surface area contributed by atoms with Crippen LogP contribution in [-0.4, -0.2) is 21.8 Å². The number of ether oxygens (including phenoxy) is 1. The summed E-state index contributed by atoms with van der Waals surface area (Å²) in [5.41, 5.74) is 3.42. The summed E-state index contributed by atoms with van der Waals surface area (Å²) in [6.07, 6.45) is 7.66. The second kappa shape index (κ2) is 7.12. The second-order valence-corrected chi connectivity index (χ2v) is 7.51. The van der Waals surface area contributed by atoms with Crippen LogP contribution in [-0.2, 0) is 6.42 Å². The number of aryl methyl sites for hydroxylation is 1. The van der Waals surface area contributed by atoms with Crippen LogP contribution in [0.2, 0.25) is 0 Å². The van der Waals surface area contributed by atoms with Crippen molar-refractivity contribution in [3.05, 3.63) is 89.7 Å². The van der Waals surface area contributed by atoms with E-state index in [-0.39, 0.29) is 11.9 Å². The van der Waals surface area contributed by atoms with Gasteiger partial charge in [0.15, 0.2) is 0 Å². The molecule has 2 aliphatic rings. The number of benzene rings is 2. The molecule has 1 unspecified atom stereocenters. The highest BCUT2D eigenvalue weighted by Gasteiger charge is 2.40. The molecular weight excluding hydrogens is 348 g/mol. The quantitative estimate of drug-likeness (QED) is 0.622. The van der Waals surface area contributed by atoms with Crippen LogP contribution in [0.15, 0.2) is 73.1 Å². The van der Waals surface area contributed by atoms with E-state index in [4.69, 9.17) is 4.74 Å². The van der Waals surface area contributed by atoms with Crippen LogP contribution in [0.4, 0.5) is 0 Å². The zero-order valence-corrected chi connectivity index (χ0v) is 15.6. The smallest absolute Gasteiger partial charge is 0.254 e. The SMILES string of the molecule is O=C(c1ccc(Oc2cccnc2)cc1)N(C1CC1)C1CCc2ccccc21. The highest BCUT2D eigenvalue weighted by atomic mass is 16.5. The van der Waals surface area contributed by atoms with E-state index in [2.05, 4.69) is 34.1 Å². The number of pyridine rings is 1. The Morgan fingerprint density at radius 2 is 1.75 bits per heavy atom. The standard InChI is InChI=1S/C24H22N2O2/c27-24(18-7-12-20(13-8-18)28-21-5-3-15-25-16-21)26(19-10-11-19)23-14-9-17-4-1-2-6-22(17)23/h1-8,12-13,15-16,19,23H,9-11,14H2. The number of amides is 1. The average Bonchev–Trinajstić information content (AvgIpc) is 3.49. The minimum absolute atomic E-state index is 0.122. The molecule has 1 aromatic heterocycles. The Morgan fingerprint density at radius 3 is 2.50 bits per heavy atom. The average molecular weight is 370 g/mol. The molecule has 0 spiro atoms. The van der Waals surface area contributed by atoms with Crippen molar-refractivity contribution in [2.24, 2.45) is 0 Å². The molecule has 0 N–H and O–H groups in total.